The molecule has 0 amide bonds. The minimum atomic E-state index is -1.54. The van der Waals surface area contributed by atoms with Crippen molar-refractivity contribution in [3.8, 4) is 12.3 Å². The minimum Gasteiger partial charge on any atom is -0.387 e. The van der Waals surface area contributed by atoms with Crippen LogP contribution in [0.2, 0.25) is 0 Å². The van der Waals surface area contributed by atoms with E-state index >= 15 is 0 Å². The zero-order chi connectivity index (χ0) is 11.4. The van der Waals surface area contributed by atoms with Gasteiger partial charge in [0.05, 0.1) is 6.61 Å². The Bertz CT molecular complexity index is 237. The van der Waals surface area contributed by atoms with Crippen LogP contribution in [0.15, 0.2) is 0 Å². The van der Waals surface area contributed by atoms with Gasteiger partial charge in [-0.3, -0.25) is 0 Å². The van der Waals surface area contributed by atoms with Crippen molar-refractivity contribution in [1.82, 2.24) is 0 Å². The molecule has 1 heterocycles. The van der Waals surface area contributed by atoms with Crippen molar-refractivity contribution >= 4 is 0 Å². The van der Waals surface area contributed by atoms with E-state index in [4.69, 9.17) is 26.1 Å². The summed E-state index contributed by atoms with van der Waals surface area (Å²) in [5, 5.41) is 37.1. The van der Waals surface area contributed by atoms with E-state index in [1.165, 1.54) is 0 Å². The van der Waals surface area contributed by atoms with Crippen molar-refractivity contribution in [2.24, 2.45) is 0 Å². The Morgan fingerprint density at radius 3 is 2.40 bits per heavy atom. The fourth-order valence-electron chi connectivity index (χ4n) is 1.30. The molecule has 5 atom stereocenters. The Morgan fingerprint density at radius 1 is 1.13 bits per heavy atom. The molecule has 0 aromatic rings. The van der Waals surface area contributed by atoms with Crippen LogP contribution in [0, 0.1) is 12.3 Å². The Kier molecular flexibility index (Phi) is 4.47. The molecule has 1 rings (SSSR count). The molecule has 0 aromatic carbocycles. The first kappa shape index (κ1) is 12.4. The molecular weight excluding hydrogens is 204 g/mol. The maximum atomic E-state index is 9.45. The summed E-state index contributed by atoms with van der Waals surface area (Å²) < 4.78 is 9.73. The molecule has 1 aliphatic rings. The number of aliphatic hydroxyl groups excluding tert-OH is 4. The predicted molar refractivity (Wildman–Crippen MR) is 48.6 cm³/mol. The number of ether oxygens (including phenoxy) is 2. The molecule has 6 nitrogen and oxygen atoms in total. The molecule has 86 valence electrons. The summed E-state index contributed by atoms with van der Waals surface area (Å²) in [7, 11) is 0. The van der Waals surface area contributed by atoms with Crippen LogP contribution in [-0.2, 0) is 9.47 Å². The van der Waals surface area contributed by atoms with Crippen molar-refractivity contribution < 1.29 is 29.9 Å². The van der Waals surface area contributed by atoms with Gasteiger partial charge in [0.2, 0.25) is 0 Å². The van der Waals surface area contributed by atoms with E-state index in [0.717, 1.165) is 0 Å². The largest absolute Gasteiger partial charge is 0.387 e. The van der Waals surface area contributed by atoms with Gasteiger partial charge in [0.15, 0.2) is 6.29 Å². The quantitative estimate of drug-likeness (QED) is 0.307. The van der Waals surface area contributed by atoms with Crippen LogP contribution in [0.25, 0.3) is 0 Å². The summed E-state index contributed by atoms with van der Waals surface area (Å²) in [6.07, 6.45) is -1.82. The lowest BCUT2D eigenvalue weighted by Gasteiger charge is -2.38. The number of hydrogen-bond acceptors (Lipinski definition) is 6. The maximum Gasteiger partial charge on any atom is 0.184 e. The van der Waals surface area contributed by atoms with E-state index < -0.39 is 30.7 Å². The third-order valence-electron chi connectivity index (χ3n) is 2.15. The number of terminal acetylenes is 1. The minimum absolute atomic E-state index is 0.0430. The summed E-state index contributed by atoms with van der Waals surface area (Å²) in [6, 6.07) is 0. The molecule has 0 aliphatic carbocycles. The predicted octanol–water partition coefficient (Wildman–Crippen LogP) is -2.56. The van der Waals surface area contributed by atoms with Gasteiger partial charge in [0, 0.05) is 0 Å². The van der Waals surface area contributed by atoms with Crippen molar-refractivity contribution in [2.75, 3.05) is 13.2 Å². The second-order valence-electron chi connectivity index (χ2n) is 3.26. The topological polar surface area (TPSA) is 99.4 Å². The molecule has 0 bridgehead atoms. The monoisotopic (exact) mass is 218 g/mol. The highest BCUT2D eigenvalue weighted by atomic mass is 16.6. The van der Waals surface area contributed by atoms with Crippen LogP contribution >= 0.6 is 0 Å². The van der Waals surface area contributed by atoms with Gasteiger partial charge in [-0.25, -0.2) is 0 Å². The van der Waals surface area contributed by atoms with Crippen molar-refractivity contribution in [2.45, 2.75) is 30.7 Å². The maximum absolute atomic E-state index is 9.45. The van der Waals surface area contributed by atoms with Crippen molar-refractivity contribution in [1.29, 1.82) is 0 Å². The average Bonchev–Trinajstić information content (AvgIpc) is 2.23. The normalized spacial score (nSPS) is 41.1. The number of aliphatic hydroxyl groups is 4. The van der Waals surface area contributed by atoms with Gasteiger partial charge in [0.1, 0.15) is 31.0 Å². The summed E-state index contributed by atoms with van der Waals surface area (Å²) in [5.74, 6) is 2.22. The van der Waals surface area contributed by atoms with E-state index in [0.29, 0.717) is 0 Å². The van der Waals surface area contributed by atoms with Gasteiger partial charge in [-0.15, -0.1) is 6.42 Å². The molecule has 4 N–H and O–H groups in total. The van der Waals surface area contributed by atoms with E-state index in [2.05, 4.69) is 5.92 Å². The van der Waals surface area contributed by atoms with Crippen LogP contribution in [0.3, 0.4) is 0 Å². The third-order valence-corrected chi connectivity index (χ3v) is 2.15. The second-order valence-corrected chi connectivity index (χ2v) is 3.26. The van der Waals surface area contributed by atoms with Crippen LogP contribution in [0.5, 0.6) is 0 Å². The Labute approximate surface area is 87.1 Å². The highest BCUT2D eigenvalue weighted by Gasteiger charge is 2.42. The zero-order valence-corrected chi connectivity index (χ0v) is 7.98. The number of hydrogen-bond donors (Lipinski definition) is 4. The first-order valence-corrected chi connectivity index (χ1v) is 4.47. The van der Waals surface area contributed by atoms with Crippen molar-refractivity contribution in [3.63, 3.8) is 0 Å². The Balaban J connectivity index is 2.48. The third kappa shape index (κ3) is 2.89. The molecule has 0 saturated carbocycles. The Hall–Kier alpha value is -0.680. The molecular formula is C9H14O6. The fourth-order valence-corrected chi connectivity index (χ4v) is 1.30. The molecule has 0 radical (unpaired) electrons. The standard InChI is InChI=1S/C9H14O6/c1-2-3-14-4-5-6(10)7(11)8(12)9(13)15-5/h1,5-13H,3-4H2/t5-,6+,7?,8-,9?/m1/s1. The second kappa shape index (κ2) is 5.42. The van der Waals surface area contributed by atoms with Crippen LogP contribution < -0.4 is 0 Å². The first-order valence-electron chi connectivity index (χ1n) is 4.47. The summed E-state index contributed by atoms with van der Waals surface area (Å²) >= 11 is 0. The highest BCUT2D eigenvalue weighted by Crippen LogP contribution is 2.19. The smallest absolute Gasteiger partial charge is 0.184 e. The summed E-state index contributed by atoms with van der Waals surface area (Å²) in [4.78, 5) is 0. The van der Waals surface area contributed by atoms with Crippen molar-refractivity contribution in [3.05, 3.63) is 0 Å². The van der Waals surface area contributed by atoms with Gasteiger partial charge < -0.3 is 29.9 Å². The molecule has 1 fully saturated rings. The molecule has 2 unspecified atom stereocenters. The van der Waals surface area contributed by atoms with Gasteiger partial charge in [-0.05, 0) is 0 Å². The van der Waals surface area contributed by atoms with Gasteiger partial charge in [-0.2, -0.15) is 0 Å². The zero-order valence-electron chi connectivity index (χ0n) is 7.98. The van der Waals surface area contributed by atoms with Gasteiger partial charge >= 0.3 is 0 Å². The van der Waals surface area contributed by atoms with Crippen LogP contribution in [0.4, 0.5) is 0 Å². The van der Waals surface area contributed by atoms with E-state index in [-0.39, 0.29) is 13.2 Å². The molecule has 1 saturated heterocycles. The first-order chi connectivity index (χ1) is 7.07. The van der Waals surface area contributed by atoms with E-state index in [9.17, 15) is 10.2 Å². The van der Waals surface area contributed by atoms with E-state index in [1.54, 1.807) is 0 Å². The molecule has 1 aliphatic heterocycles. The lowest BCUT2D eigenvalue weighted by atomic mass is 9.99. The molecule has 0 aromatic heterocycles. The van der Waals surface area contributed by atoms with E-state index in [1.807, 2.05) is 0 Å². The van der Waals surface area contributed by atoms with Gasteiger partial charge in [-0.1, -0.05) is 5.92 Å². The average molecular weight is 218 g/mol. The molecule has 6 heteroatoms. The molecule has 0 spiro atoms. The highest BCUT2D eigenvalue weighted by molar-refractivity contribution is 4.89. The number of rotatable bonds is 3. The fraction of sp³-hybridized carbons (Fsp3) is 0.778. The van der Waals surface area contributed by atoms with Crippen LogP contribution in [-0.4, -0.2) is 64.3 Å². The lowest BCUT2D eigenvalue weighted by Crippen LogP contribution is -2.58. The van der Waals surface area contributed by atoms with Gasteiger partial charge in [0.25, 0.3) is 0 Å². The summed E-state index contributed by atoms with van der Waals surface area (Å²) in [6.45, 7) is -0.0203. The molecule has 15 heavy (non-hydrogen) atoms. The van der Waals surface area contributed by atoms with Crippen LogP contribution in [0.1, 0.15) is 0 Å². The Morgan fingerprint density at radius 2 is 1.80 bits per heavy atom. The SMILES string of the molecule is C#CCOC[C@H]1OC(O)[C@H](O)C(O)[C@H]1O. The lowest BCUT2D eigenvalue weighted by molar-refractivity contribution is -0.288. The summed E-state index contributed by atoms with van der Waals surface area (Å²) in [5.41, 5.74) is 0.